The first kappa shape index (κ1) is 13.1. The molecule has 1 aromatic heterocycles. The first-order valence-electron chi connectivity index (χ1n) is 6.54. The van der Waals surface area contributed by atoms with Gasteiger partial charge in [-0.25, -0.2) is 4.98 Å². The van der Waals surface area contributed by atoms with Crippen molar-refractivity contribution in [2.24, 2.45) is 0 Å². The minimum atomic E-state index is 0.641. The summed E-state index contributed by atoms with van der Waals surface area (Å²) in [6, 6.07) is 15.9. The molecule has 2 aromatic rings. The van der Waals surface area contributed by atoms with Gasteiger partial charge in [-0.3, -0.25) is 0 Å². The van der Waals surface area contributed by atoms with Crippen LogP contribution in [0.2, 0.25) is 0 Å². The lowest BCUT2D eigenvalue weighted by Crippen LogP contribution is -2.19. The second-order valence-corrected chi connectivity index (χ2v) is 4.36. The van der Waals surface area contributed by atoms with E-state index in [2.05, 4.69) is 35.0 Å². The molecule has 0 aliphatic carbocycles. The number of nitriles is 1. The van der Waals surface area contributed by atoms with Crippen LogP contribution >= 0.6 is 0 Å². The molecular formula is C16H17N3. The quantitative estimate of drug-likeness (QED) is 0.809. The van der Waals surface area contributed by atoms with Gasteiger partial charge in [0.2, 0.25) is 0 Å². The molecular weight excluding hydrogens is 234 g/mol. The highest BCUT2D eigenvalue weighted by molar-refractivity contribution is 5.60. The van der Waals surface area contributed by atoms with Crippen LogP contribution in [0.4, 0.5) is 11.5 Å². The predicted molar refractivity (Wildman–Crippen MR) is 77.3 cm³/mol. The number of para-hydroxylation sites is 1. The van der Waals surface area contributed by atoms with Crippen LogP contribution in [0.5, 0.6) is 0 Å². The Balaban J connectivity index is 2.34. The Morgan fingerprint density at radius 3 is 2.68 bits per heavy atom. The molecule has 0 saturated carbocycles. The zero-order valence-corrected chi connectivity index (χ0v) is 11.1. The molecule has 0 aliphatic rings. The summed E-state index contributed by atoms with van der Waals surface area (Å²) in [6.45, 7) is 3.07. The molecule has 0 radical (unpaired) electrons. The second-order valence-electron chi connectivity index (χ2n) is 4.36. The van der Waals surface area contributed by atoms with Gasteiger partial charge in [0.15, 0.2) is 0 Å². The number of anilines is 2. The molecule has 0 amide bonds. The fraction of sp³-hybridized carbons (Fsp3) is 0.250. The van der Waals surface area contributed by atoms with Crippen molar-refractivity contribution in [1.29, 1.82) is 5.26 Å². The van der Waals surface area contributed by atoms with Gasteiger partial charge in [0.25, 0.3) is 0 Å². The van der Waals surface area contributed by atoms with E-state index in [1.807, 2.05) is 24.3 Å². The Labute approximate surface area is 114 Å². The van der Waals surface area contributed by atoms with Gasteiger partial charge in [-0.15, -0.1) is 0 Å². The number of unbranched alkanes of at least 4 members (excludes halogenated alkanes) is 1. The molecule has 3 nitrogen and oxygen atoms in total. The summed E-state index contributed by atoms with van der Waals surface area (Å²) in [5.74, 6) is 0.832. The van der Waals surface area contributed by atoms with Gasteiger partial charge < -0.3 is 4.90 Å². The maximum absolute atomic E-state index is 8.99. The van der Waals surface area contributed by atoms with Gasteiger partial charge >= 0.3 is 0 Å². The van der Waals surface area contributed by atoms with Crippen molar-refractivity contribution < 1.29 is 0 Å². The molecule has 1 heterocycles. The maximum Gasteiger partial charge on any atom is 0.134 e. The molecule has 0 saturated heterocycles. The second kappa shape index (κ2) is 6.55. The predicted octanol–water partition coefficient (Wildman–Crippen LogP) is 3.89. The highest BCUT2D eigenvalue weighted by Crippen LogP contribution is 2.24. The molecule has 96 valence electrons. The molecule has 19 heavy (non-hydrogen) atoms. The summed E-state index contributed by atoms with van der Waals surface area (Å²) < 4.78 is 0. The lowest BCUT2D eigenvalue weighted by Gasteiger charge is -2.23. The minimum Gasteiger partial charge on any atom is -0.326 e. The molecule has 0 bridgehead atoms. The number of hydrogen-bond acceptors (Lipinski definition) is 3. The first-order chi connectivity index (χ1) is 9.35. The number of pyridine rings is 1. The van der Waals surface area contributed by atoms with E-state index in [0.29, 0.717) is 5.56 Å². The van der Waals surface area contributed by atoms with E-state index >= 15 is 0 Å². The van der Waals surface area contributed by atoms with Gasteiger partial charge in [0.1, 0.15) is 5.82 Å². The highest BCUT2D eigenvalue weighted by Gasteiger charge is 2.10. The Hall–Kier alpha value is -2.34. The fourth-order valence-electron chi connectivity index (χ4n) is 1.94. The zero-order chi connectivity index (χ0) is 13.5. The molecule has 2 rings (SSSR count). The third-order valence-corrected chi connectivity index (χ3v) is 2.95. The zero-order valence-electron chi connectivity index (χ0n) is 11.1. The van der Waals surface area contributed by atoms with Gasteiger partial charge in [-0.05, 0) is 30.7 Å². The van der Waals surface area contributed by atoms with Crippen molar-refractivity contribution >= 4 is 11.5 Å². The smallest absolute Gasteiger partial charge is 0.134 e. The average molecular weight is 251 g/mol. The van der Waals surface area contributed by atoms with Crippen molar-refractivity contribution in [3.63, 3.8) is 0 Å². The van der Waals surface area contributed by atoms with Crippen LogP contribution in [0.3, 0.4) is 0 Å². The van der Waals surface area contributed by atoms with Crippen molar-refractivity contribution in [1.82, 2.24) is 4.98 Å². The van der Waals surface area contributed by atoms with Crippen LogP contribution in [-0.2, 0) is 0 Å². The number of nitrogens with zero attached hydrogens (tertiary/aromatic N) is 3. The molecule has 0 fully saturated rings. The largest absolute Gasteiger partial charge is 0.326 e. The Morgan fingerprint density at radius 1 is 1.21 bits per heavy atom. The molecule has 0 unspecified atom stereocenters. The summed E-state index contributed by atoms with van der Waals surface area (Å²) >= 11 is 0. The number of rotatable bonds is 5. The van der Waals surface area contributed by atoms with E-state index in [0.717, 1.165) is 30.9 Å². The third kappa shape index (κ3) is 3.32. The Bertz CT molecular complexity index is 558. The normalized spacial score (nSPS) is 9.89. The number of aromatic nitrogens is 1. The van der Waals surface area contributed by atoms with E-state index in [4.69, 9.17) is 5.26 Å². The summed E-state index contributed by atoms with van der Waals surface area (Å²) in [5, 5.41) is 8.99. The lowest BCUT2D eigenvalue weighted by atomic mass is 10.2. The minimum absolute atomic E-state index is 0.641. The highest BCUT2D eigenvalue weighted by atomic mass is 15.2. The van der Waals surface area contributed by atoms with E-state index in [1.54, 1.807) is 12.3 Å². The molecule has 0 atom stereocenters. The Kier molecular flexibility index (Phi) is 4.52. The van der Waals surface area contributed by atoms with Crippen LogP contribution in [0.15, 0.2) is 48.7 Å². The van der Waals surface area contributed by atoms with Gasteiger partial charge in [-0.1, -0.05) is 31.5 Å². The van der Waals surface area contributed by atoms with Crippen molar-refractivity contribution in [3.05, 3.63) is 54.2 Å². The molecule has 1 aromatic carbocycles. The van der Waals surface area contributed by atoms with Crippen LogP contribution in [0.25, 0.3) is 0 Å². The Morgan fingerprint density at radius 2 is 2.00 bits per heavy atom. The van der Waals surface area contributed by atoms with Crippen LogP contribution in [0, 0.1) is 11.3 Å². The summed E-state index contributed by atoms with van der Waals surface area (Å²) in [5.41, 5.74) is 1.75. The standard InChI is InChI=1S/C16H17N3/c1-2-3-11-19(15-7-5-4-6-8-15)16-12-14(13-17)9-10-18-16/h4-10,12H,2-3,11H2,1H3. The van der Waals surface area contributed by atoms with Gasteiger partial charge in [0.05, 0.1) is 11.6 Å². The third-order valence-electron chi connectivity index (χ3n) is 2.95. The first-order valence-corrected chi connectivity index (χ1v) is 6.54. The SMILES string of the molecule is CCCCN(c1ccccc1)c1cc(C#N)ccn1. The topological polar surface area (TPSA) is 39.9 Å². The molecule has 0 N–H and O–H groups in total. The van der Waals surface area contributed by atoms with Crippen LogP contribution < -0.4 is 4.90 Å². The van der Waals surface area contributed by atoms with E-state index in [9.17, 15) is 0 Å². The molecule has 3 heteroatoms. The number of hydrogen-bond donors (Lipinski definition) is 0. The fourth-order valence-corrected chi connectivity index (χ4v) is 1.94. The average Bonchev–Trinajstić information content (AvgIpc) is 2.49. The van der Waals surface area contributed by atoms with E-state index in [-0.39, 0.29) is 0 Å². The molecule has 0 aliphatic heterocycles. The van der Waals surface area contributed by atoms with Crippen LogP contribution in [0.1, 0.15) is 25.3 Å². The summed E-state index contributed by atoms with van der Waals surface area (Å²) in [7, 11) is 0. The van der Waals surface area contributed by atoms with Crippen molar-refractivity contribution in [2.75, 3.05) is 11.4 Å². The van der Waals surface area contributed by atoms with Crippen molar-refractivity contribution in [2.45, 2.75) is 19.8 Å². The monoisotopic (exact) mass is 251 g/mol. The maximum atomic E-state index is 8.99. The van der Waals surface area contributed by atoms with Gasteiger partial charge in [0, 0.05) is 18.4 Å². The van der Waals surface area contributed by atoms with E-state index < -0.39 is 0 Å². The van der Waals surface area contributed by atoms with Crippen molar-refractivity contribution in [3.8, 4) is 6.07 Å². The summed E-state index contributed by atoms with van der Waals surface area (Å²) in [4.78, 5) is 6.55. The summed E-state index contributed by atoms with van der Waals surface area (Å²) in [6.07, 6.45) is 3.91. The van der Waals surface area contributed by atoms with Gasteiger partial charge in [-0.2, -0.15) is 5.26 Å². The van der Waals surface area contributed by atoms with E-state index in [1.165, 1.54) is 0 Å². The number of benzene rings is 1. The van der Waals surface area contributed by atoms with Crippen LogP contribution in [-0.4, -0.2) is 11.5 Å². The molecule has 0 spiro atoms. The lowest BCUT2D eigenvalue weighted by molar-refractivity contribution is 0.779.